The van der Waals surface area contributed by atoms with E-state index < -0.39 is 33.6 Å². The lowest BCUT2D eigenvalue weighted by atomic mass is 9.91. The van der Waals surface area contributed by atoms with E-state index in [1.165, 1.54) is 0 Å². The van der Waals surface area contributed by atoms with Gasteiger partial charge in [-0.3, -0.25) is 4.79 Å². The van der Waals surface area contributed by atoms with Crippen molar-refractivity contribution in [3.63, 3.8) is 0 Å². The second-order valence-electron chi connectivity index (χ2n) is 11.6. The van der Waals surface area contributed by atoms with Crippen LogP contribution in [-0.4, -0.2) is 26.5 Å². The first-order valence-corrected chi connectivity index (χ1v) is 12.9. The van der Waals surface area contributed by atoms with Gasteiger partial charge in [-0.1, -0.05) is 63.0 Å². The summed E-state index contributed by atoms with van der Waals surface area (Å²) in [7, 11) is 0. The second-order valence-corrected chi connectivity index (χ2v) is 11.9. The van der Waals surface area contributed by atoms with Gasteiger partial charge >= 0.3 is 5.97 Å². The number of benzene rings is 2. The summed E-state index contributed by atoms with van der Waals surface area (Å²) in [4.78, 5) is 21.5. The number of hydrogen-bond acceptors (Lipinski definition) is 6. The van der Waals surface area contributed by atoms with Crippen LogP contribution in [0.2, 0.25) is 0 Å². The Balaban J connectivity index is 0. The molecule has 0 heterocycles. The zero-order chi connectivity index (χ0) is 31.0. The Kier molecular flexibility index (Phi) is 15.1. The van der Waals surface area contributed by atoms with Crippen molar-refractivity contribution in [3.05, 3.63) is 95.1 Å². The Bertz CT molecular complexity index is 1120. The molecule has 0 fully saturated rings. The van der Waals surface area contributed by atoms with Gasteiger partial charge in [0.25, 0.3) is 0 Å². The molecule has 3 N–H and O–H groups in total. The Labute approximate surface area is 246 Å². The molecule has 0 atom stereocenters. The van der Waals surface area contributed by atoms with Crippen LogP contribution >= 0.6 is 11.6 Å². The summed E-state index contributed by atoms with van der Waals surface area (Å²) in [5.41, 5.74) is 0.591. The molecule has 7 heteroatoms. The lowest BCUT2D eigenvalue weighted by molar-refractivity contribution is -0.152. The molecular formula is C33H49ClO6. The highest BCUT2D eigenvalue weighted by molar-refractivity contribution is 6.67. The van der Waals surface area contributed by atoms with E-state index in [0.717, 1.165) is 22.3 Å². The average molecular weight is 577 g/mol. The summed E-state index contributed by atoms with van der Waals surface area (Å²) >= 11 is 4.87. The average Bonchev–Trinajstić information content (AvgIpc) is 2.78. The number of aliphatic hydroxyl groups is 3. The van der Waals surface area contributed by atoms with Gasteiger partial charge in [0.15, 0.2) is 0 Å². The maximum absolute atomic E-state index is 11.6. The van der Waals surface area contributed by atoms with Gasteiger partial charge in [-0.15, -0.1) is 0 Å². The van der Waals surface area contributed by atoms with Gasteiger partial charge < -0.3 is 20.1 Å². The first-order valence-electron chi connectivity index (χ1n) is 12.5. The third-order valence-corrected chi connectivity index (χ3v) is 5.89. The van der Waals surface area contributed by atoms with Crippen LogP contribution in [0.3, 0.4) is 0 Å². The number of rotatable bonds is 7. The lowest BCUT2D eigenvalue weighted by Gasteiger charge is -2.27. The van der Waals surface area contributed by atoms with Crippen LogP contribution in [0.25, 0.3) is 0 Å². The number of allylic oxidation sites excluding steroid dienone is 1. The summed E-state index contributed by atoms with van der Waals surface area (Å²) in [5.74, 6) is -0.418. The van der Waals surface area contributed by atoms with E-state index in [0.29, 0.717) is 11.1 Å². The predicted molar refractivity (Wildman–Crippen MR) is 165 cm³/mol. The minimum atomic E-state index is -0.926. The highest BCUT2D eigenvalue weighted by Crippen LogP contribution is 2.29. The standard InChI is InChI=1S/C16H22O3.C12H18O2.C4H5ClO.CH4/c1-11(2)14(17)19-16(5,6)13-9-7-8-12(10-13)15(3,4)18;1-11(2,13)9-6-5-7-10(8-9)12(3,4)14;1-3(2)4(5)6;/h7-10,18H,1H2,2-6H3;5-8,13-14H,1-4H3;1H2,2H3;1H4. The van der Waals surface area contributed by atoms with Crippen molar-refractivity contribution in [2.75, 3.05) is 0 Å². The smallest absolute Gasteiger partial charge is 0.333 e. The summed E-state index contributed by atoms with van der Waals surface area (Å²) < 4.78 is 5.43. The molecule has 0 bridgehead atoms. The van der Waals surface area contributed by atoms with Crippen molar-refractivity contribution < 1.29 is 29.6 Å². The molecule has 2 aromatic rings. The number of halogens is 1. The number of esters is 1. The Morgan fingerprint density at radius 3 is 1.20 bits per heavy atom. The molecule has 2 rings (SSSR count). The van der Waals surface area contributed by atoms with Crippen LogP contribution in [-0.2, 0) is 36.7 Å². The molecule has 0 spiro atoms. The van der Waals surface area contributed by atoms with Crippen molar-refractivity contribution in [1.82, 2.24) is 0 Å². The molecule has 0 saturated carbocycles. The van der Waals surface area contributed by atoms with Crippen LogP contribution < -0.4 is 0 Å². The molecule has 0 saturated heterocycles. The molecule has 2 aromatic carbocycles. The highest BCUT2D eigenvalue weighted by atomic mass is 35.5. The quantitative estimate of drug-likeness (QED) is 0.180. The number of hydrogen-bond donors (Lipinski definition) is 3. The zero-order valence-electron chi connectivity index (χ0n) is 25.0. The summed E-state index contributed by atoms with van der Waals surface area (Å²) in [5, 5.41) is 29.2. The van der Waals surface area contributed by atoms with E-state index in [4.69, 9.17) is 16.3 Å². The number of carbonyl (C=O) groups excluding carboxylic acids is 2. The van der Waals surface area contributed by atoms with E-state index in [9.17, 15) is 24.9 Å². The Hall–Kier alpha value is -2.77. The summed E-state index contributed by atoms with van der Waals surface area (Å²) in [6, 6.07) is 14.8. The van der Waals surface area contributed by atoms with Crippen molar-refractivity contribution in [1.29, 1.82) is 0 Å². The number of carbonyl (C=O) groups is 2. The van der Waals surface area contributed by atoms with E-state index in [-0.39, 0.29) is 7.43 Å². The zero-order valence-corrected chi connectivity index (χ0v) is 25.7. The van der Waals surface area contributed by atoms with E-state index >= 15 is 0 Å². The second kappa shape index (κ2) is 15.3. The third kappa shape index (κ3) is 14.0. The number of ether oxygens (including phenoxy) is 1. The summed E-state index contributed by atoms with van der Waals surface area (Å²) in [6.07, 6.45) is 0. The topological polar surface area (TPSA) is 104 Å². The van der Waals surface area contributed by atoms with E-state index in [1.54, 1.807) is 55.4 Å². The van der Waals surface area contributed by atoms with E-state index in [1.807, 2.05) is 62.4 Å². The van der Waals surface area contributed by atoms with Gasteiger partial charge in [0.1, 0.15) is 5.60 Å². The summed E-state index contributed by atoms with van der Waals surface area (Å²) in [6.45, 7) is 24.0. The SMILES string of the molecule is C.C=C(C)C(=O)Cl.C=C(C)C(=O)OC(C)(C)c1cccc(C(C)(C)O)c1.CC(C)(O)c1cccc(C(C)(C)O)c1. The molecule has 0 aliphatic heterocycles. The van der Waals surface area contributed by atoms with Gasteiger partial charge in [0.2, 0.25) is 5.24 Å². The monoisotopic (exact) mass is 576 g/mol. The first kappa shape index (κ1) is 39.4. The van der Waals surface area contributed by atoms with Gasteiger partial charge in [-0.25, -0.2) is 4.79 Å². The van der Waals surface area contributed by atoms with Crippen molar-refractivity contribution in [2.45, 2.75) is 99.1 Å². The van der Waals surface area contributed by atoms with Gasteiger partial charge in [-0.05, 0) is 109 Å². The molecule has 0 amide bonds. The molecule has 40 heavy (non-hydrogen) atoms. The van der Waals surface area contributed by atoms with Crippen molar-refractivity contribution in [2.24, 2.45) is 0 Å². The molecule has 0 aromatic heterocycles. The van der Waals surface area contributed by atoms with Crippen molar-refractivity contribution >= 4 is 22.8 Å². The van der Waals surface area contributed by atoms with E-state index in [2.05, 4.69) is 13.2 Å². The van der Waals surface area contributed by atoms with Crippen LogP contribution in [0, 0.1) is 0 Å². The molecule has 0 unspecified atom stereocenters. The fraction of sp³-hybridized carbons (Fsp3) is 0.455. The molecule has 0 radical (unpaired) electrons. The molecule has 224 valence electrons. The highest BCUT2D eigenvalue weighted by Gasteiger charge is 2.27. The van der Waals surface area contributed by atoms with Gasteiger partial charge in [-0.2, -0.15) is 0 Å². The minimum Gasteiger partial charge on any atom is -0.451 e. The molecule has 0 aliphatic carbocycles. The largest absolute Gasteiger partial charge is 0.451 e. The van der Waals surface area contributed by atoms with Crippen LogP contribution in [0.1, 0.15) is 98.9 Å². The maximum atomic E-state index is 11.6. The van der Waals surface area contributed by atoms with Crippen molar-refractivity contribution in [3.8, 4) is 0 Å². The van der Waals surface area contributed by atoms with Gasteiger partial charge in [0, 0.05) is 11.1 Å². The van der Waals surface area contributed by atoms with Crippen LogP contribution in [0.15, 0.2) is 72.8 Å². The fourth-order valence-corrected chi connectivity index (χ4v) is 2.93. The minimum absolute atomic E-state index is 0. The van der Waals surface area contributed by atoms with Crippen LogP contribution in [0.4, 0.5) is 0 Å². The van der Waals surface area contributed by atoms with Gasteiger partial charge in [0.05, 0.1) is 16.8 Å². The van der Waals surface area contributed by atoms with Crippen LogP contribution in [0.5, 0.6) is 0 Å². The maximum Gasteiger partial charge on any atom is 0.333 e. The molecular weight excluding hydrogens is 528 g/mol. The normalized spacial score (nSPS) is 11.4. The molecule has 6 nitrogen and oxygen atoms in total. The predicted octanol–water partition coefficient (Wildman–Crippen LogP) is 7.37. The molecule has 0 aliphatic rings. The lowest BCUT2D eigenvalue weighted by Crippen LogP contribution is -2.27. The first-order chi connectivity index (χ1) is 17.4. The Morgan fingerprint density at radius 2 is 0.950 bits per heavy atom. The third-order valence-electron chi connectivity index (χ3n) is 5.57. The Morgan fingerprint density at radius 1 is 0.675 bits per heavy atom. The fourth-order valence-electron chi connectivity index (χ4n) is 2.93.